The van der Waals surface area contributed by atoms with E-state index >= 15 is 0 Å². The highest BCUT2D eigenvalue weighted by atomic mass is 35.5. The van der Waals surface area contributed by atoms with Crippen LogP contribution in [0.25, 0.3) is 0 Å². The smallest absolute Gasteiger partial charge is 0.439 e. The molecule has 0 aliphatic rings. The number of hydrogen-bond acceptors (Lipinski definition) is 3. The van der Waals surface area contributed by atoms with Crippen LogP contribution in [-0.4, -0.2) is 18.5 Å². The molecule has 0 amide bonds. The van der Waals surface area contributed by atoms with E-state index in [4.69, 9.17) is 22.1 Å². The summed E-state index contributed by atoms with van der Waals surface area (Å²) in [5.74, 6) is -0.321. The molecule has 2 aromatic carbocycles. The molecule has 1 atom stereocenters. The summed E-state index contributed by atoms with van der Waals surface area (Å²) in [6, 6.07) is 8.48. The number of ether oxygens (including phenoxy) is 2. The third kappa shape index (κ3) is 4.85. The zero-order valence-corrected chi connectivity index (χ0v) is 12.9. The standard InChI is InChI=1S/C15H10ClF6NO2/c16-11-7-8(23)1-6-12(11)24-9-2-4-10(5-3-9)25-15(21,22)13(17)14(18,19)20/h1-7,13H,23H2. The van der Waals surface area contributed by atoms with Crippen molar-refractivity contribution < 1.29 is 35.8 Å². The van der Waals surface area contributed by atoms with Gasteiger partial charge in [-0.2, -0.15) is 22.0 Å². The minimum absolute atomic E-state index is 0.134. The van der Waals surface area contributed by atoms with Gasteiger partial charge in [0.05, 0.1) is 5.02 Å². The third-order valence-electron chi connectivity index (χ3n) is 2.84. The van der Waals surface area contributed by atoms with Crippen molar-refractivity contribution in [1.29, 1.82) is 0 Å². The van der Waals surface area contributed by atoms with Crippen molar-refractivity contribution in [3.63, 3.8) is 0 Å². The lowest BCUT2D eigenvalue weighted by atomic mass is 10.3. The zero-order valence-electron chi connectivity index (χ0n) is 12.2. The van der Waals surface area contributed by atoms with E-state index in [1.165, 1.54) is 18.2 Å². The van der Waals surface area contributed by atoms with Crippen molar-refractivity contribution in [1.82, 2.24) is 0 Å². The number of nitrogen functional groups attached to an aromatic ring is 1. The van der Waals surface area contributed by atoms with Gasteiger partial charge in [0.25, 0.3) is 6.17 Å². The first-order valence-corrected chi connectivity index (χ1v) is 6.97. The third-order valence-corrected chi connectivity index (χ3v) is 3.14. The van der Waals surface area contributed by atoms with Gasteiger partial charge >= 0.3 is 12.3 Å². The molecular formula is C15H10ClF6NO2. The summed E-state index contributed by atoms with van der Waals surface area (Å²) in [6.45, 7) is 0. The lowest BCUT2D eigenvalue weighted by Crippen LogP contribution is -2.45. The highest BCUT2D eigenvalue weighted by molar-refractivity contribution is 6.32. The average Bonchev–Trinajstić information content (AvgIpc) is 2.50. The van der Waals surface area contributed by atoms with Crippen molar-refractivity contribution in [2.45, 2.75) is 18.5 Å². The van der Waals surface area contributed by atoms with E-state index in [1.807, 2.05) is 0 Å². The van der Waals surface area contributed by atoms with E-state index in [1.54, 1.807) is 0 Å². The summed E-state index contributed by atoms with van der Waals surface area (Å²) >= 11 is 5.90. The maximum absolute atomic E-state index is 13.2. The monoisotopic (exact) mass is 385 g/mol. The molecule has 1 unspecified atom stereocenters. The molecule has 3 nitrogen and oxygen atoms in total. The Morgan fingerprint density at radius 2 is 1.48 bits per heavy atom. The second-order valence-electron chi connectivity index (χ2n) is 4.83. The van der Waals surface area contributed by atoms with Crippen LogP contribution in [0.15, 0.2) is 42.5 Å². The second-order valence-corrected chi connectivity index (χ2v) is 5.24. The molecule has 0 radical (unpaired) electrons. The van der Waals surface area contributed by atoms with Crippen LogP contribution < -0.4 is 15.2 Å². The van der Waals surface area contributed by atoms with Gasteiger partial charge in [0.2, 0.25) is 0 Å². The molecule has 0 heterocycles. The van der Waals surface area contributed by atoms with Gasteiger partial charge in [-0.05, 0) is 42.5 Å². The first kappa shape index (κ1) is 19.0. The number of rotatable bonds is 5. The van der Waals surface area contributed by atoms with Gasteiger partial charge in [0.1, 0.15) is 17.2 Å². The van der Waals surface area contributed by atoms with Crippen LogP contribution >= 0.6 is 11.6 Å². The Hall–Kier alpha value is -2.29. The summed E-state index contributed by atoms with van der Waals surface area (Å²) in [5, 5.41) is 0.192. The molecule has 0 bridgehead atoms. The molecule has 2 rings (SSSR count). The van der Waals surface area contributed by atoms with Crippen molar-refractivity contribution in [3.05, 3.63) is 47.5 Å². The van der Waals surface area contributed by atoms with Gasteiger partial charge in [0, 0.05) is 5.69 Å². The maximum Gasteiger partial charge on any atom is 0.439 e. The first-order chi connectivity index (χ1) is 11.5. The summed E-state index contributed by atoms with van der Waals surface area (Å²) in [6.07, 6.45) is -15.3. The van der Waals surface area contributed by atoms with Crippen molar-refractivity contribution >= 4 is 17.3 Å². The zero-order chi connectivity index (χ0) is 18.8. The maximum atomic E-state index is 13.2. The van der Waals surface area contributed by atoms with E-state index in [9.17, 15) is 26.3 Å². The molecule has 0 spiro atoms. The minimum Gasteiger partial charge on any atom is -0.456 e. The van der Waals surface area contributed by atoms with Gasteiger partial charge in [-0.3, -0.25) is 0 Å². The second kappa shape index (κ2) is 6.91. The van der Waals surface area contributed by atoms with E-state index in [-0.39, 0.29) is 16.5 Å². The quantitative estimate of drug-likeness (QED) is 0.539. The van der Waals surface area contributed by atoms with Crippen molar-refractivity contribution in [3.8, 4) is 17.2 Å². The Morgan fingerprint density at radius 1 is 0.920 bits per heavy atom. The SMILES string of the molecule is Nc1ccc(Oc2ccc(OC(F)(F)C(F)C(F)(F)F)cc2)c(Cl)c1. The Morgan fingerprint density at radius 3 is 2.00 bits per heavy atom. The normalized spacial score (nSPS) is 13.4. The minimum atomic E-state index is -5.75. The van der Waals surface area contributed by atoms with Crippen LogP contribution in [0, 0.1) is 0 Å². The molecular weight excluding hydrogens is 376 g/mol. The Balaban J connectivity index is 2.09. The summed E-state index contributed by atoms with van der Waals surface area (Å²) in [4.78, 5) is 0. The summed E-state index contributed by atoms with van der Waals surface area (Å²) < 4.78 is 84.4. The average molecular weight is 386 g/mol. The molecule has 0 saturated heterocycles. The Kier molecular flexibility index (Phi) is 5.26. The highest BCUT2D eigenvalue weighted by Crippen LogP contribution is 2.37. The fourth-order valence-corrected chi connectivity index (χ4v) is 1.93. The lowest BCUT2D eigenvalue weighted by molar-refractivity contribution is -0.304. The van der Waals surface area contributed by atoms with Crippen LogP contribution in [0.1, 0.15) is 0 Å². The predicted octanol–water partition coefficient (Wildman–Crippen LogP) is 5.59. The number of hydrogen-bond donors (Lipinski definition) is 1. The van der Waals surface area contributed by atoms with E-state index in [2.05, 4.69) is 4.74 Å². The van der Waals surface area contributed by atoms with E-state index in [0.717, 1.165) is 24.3 Å². The van der Waals surface area contributed by atoms with Crippen LogP contribution in [0.3, 0.4) is 0 Å². The van der Waals surface area contributed by atoms with Gasteiger partial charge < -0.3 is 15.2 Å². The molecule has 2 aromatic rings. The highest BCUT2D eigenvalue weighted by Gasteiger charge is 2.59. The van der Waals surface area contributed by atoms with Gasteiger partial charge in [-0.15, -0.1) is 0 Å². The van der Waals surface area contributed by atoms with Crippen LogP contribution in [0.4, 0.5) is 32.0 Å². The lowest BCUT2D eigenvalue weighted by Gasteiger charge is -2.23. The van der Waals surface area contributed by atoms with E-state index in [0.29, 0.717) is 5.69 Å². The van der Waals surface area contributed by atoms with Crippen LogP contribution in [-0.2, 0) is 0 Å². The van der Waals surface area contributed by atoms with Crippen molar-refractivity contribution in [2.75, 3.05) is 5.73 Å². The first-order valence-electron chi connectivity index (χ1n) is 6.59. The van der Waals surface area contributed by atoms with Gasteiger partial charge in [-0.25, -0.2) is 4.39 Å². The summed E-state index contributed by atoms with van der Waals surface area (Å²) in [7, 11) is 0. The molecule has 0 aliphatic carbocycles. The summed E-state index contributed by atoms with van der Waals surface area (Å²) in [5.41, 5.74) is 5.91. The molecule has 25 heavy (non-hydrogen) atoms. The molecule has 0 aromatic heterocycles. The Bertz CT molecular complexity index is 736. The number of anilines is 1. The van der Waals surface area contributed by atoms with Crippen molar-refractivity contribution in [2.24, 2.45) is 0 Å². The molecule has 10 heteroatoms. The fourth-order valence-electron chi connectivity index (χ4n) is 1.70. The van der Waals surface area contributed by atoms with Gasteiger partial charge in [-0.1, -0.05) is 11.6 Å². The Labute approximate surface area is 142 Å². The van der Waals surface area contributed by atoms with E-state index < -0.39 is 24.2 Å². The number of nitrogens with two attached hydrogens (primary N) is 1. The predicted molar refractivity (Wildman–Crippen MR) is 78.9 cm³/mol. The number of benzene rings is 2. The molecule has 0 fully saturated rings. The largest absolute Gasteiger partial charge is 0.456 e. The number of alkyl halides is 6. The van der Waals surface area contributed by atoms with Crippen LogP contribution in [0.5, 0.6) is 17.2 Å². The fraction of sp³-hybridized carbons (Fsp3) is 0.200. The molecule has 0 saturated carbocycles. The topological polar surface area (TPSA) is 44.5 Å². The van der Waals surface area contributed by atoms with Crippen LogP contribution in [0.2, 0.25) is 5.02 Å². The molecule has 2 N–H and O–H groups in total. The molecule has 0 aliphatic heterocycles. The number of halogens is 7. The molecule has 136 valence electrons. The van der Waals surface area contributed by atoms with Gasteiger partial charge in [0.15, 0.2) is 0 Å².